The highest BCUT2D eigenvalue weighted by Gasteiger charge is 2.22. The molecule has 2 aromatic carbocycles. The van der Waals surface area contributed by atoms with Gasteiger partial charge in [-0.2, -0.15) is 5.10 Å². The molecular formula is C21H20FN3O5. The molecule has 0 unspecified atom stereocenters. The fourth-order valence-electron chi connectivity index (χ4n) is 2.95. The largest absolute Gasteiger partial charge is 0.493 e. The van der Waals surface area contributed by atoms with Crippen LogP contribution in [0.3, 0.4) is 0 Å². The van der Waals surface area contributed by atoms with Gasteiger partial charge in [0.25, 0.3) is 5.91 Å². The Morgan fingerprint density at radius 3 is 2.33 bits per heavy atom. The number of para-hydroxylation sites is 1. The SMILES string of the molecule is COC(=O)c1cc(OC)c(OC)cc1NC(=O)c1cnn(-c2ccccc2F)c1C. The van der Waals surface area contributed by atoms with Crippen molar-refractivity contribution in [3.8, 4) is 17.2 Å². The third-order valence-corrected chi connectivity index (χ3v) is 4.51. The lowest BCUT2D eigenvalue weighted by molar-refractivity contribution is 0.0601. The van der Waals surface area contributed by atoms with E-state index in [9.17, 15) is 14.0 Å². The summed E-state index contributed by atoms with van der Waals surface area (Å²) in [6.45, 7) is 1.64. The standard InChI is InChI=1S/C21H20FN3O5/c1-12-14(11-23-25(12)17-8-6-5-7-15(17)22)20(26)24-16-10-19(29-3)18(28-2)9-13(16)21(27)30-4/h5-11H,1-4H3,(H,24,26). The van der Waals surface area contributed by atoms with Crippen LogP contribution in [0.4, 0.5) is 10.1 Å². The van der Waals surface area contributed by atoms with E-state index in [0.717, 1.165) is 0 Å². The highest BCUT2D eigenvalue weighted by Crippen LogP contribution is 2.34. The van der Waals surface area contributed by atoms with Crippen molar-refractivity contribution in [2.45, 2.75) is 6.92 Å². The molecule has 0 aliphatic heterocycles. The van der Waals surface area contributed by atoms with Crippen molar-refractivity contribution in [3.63, 3.8) is 0 Å². The van der Waals surface area contributed by atoms with Crippen LogP contribution < -0.4 is 14.8 Å². The third-order valence-electron chi connectivity index (χ3n) is 4.51. The molecule has 1 heterocycles. The zero-order valence-corrected chi connectivity index (χ0v) is 16.9. The number of halogens is 1. The van der Waals surface area contributed by atoms with E-state index in [1.54, 1.807) is 25.1 Å². The molecule has 0 aliphatic carbocycles. The Balaban J connectivity index is 1.99. The molecule has 8 nitrogen and oxygen atoms in total. The number of amides is 1. The van der Waals surface area contributed by atoms with Gasteiger partial charge in [-0.15, -0.1) is 0 Å². The van der Waals surface area contributed by atoms with Crippen molar-refractivity contribution >= 4 is 17.6 Å². The minimum Gasteiger partial charge on any atom is -0.493 e. The van der Waals surface area contributed by atoms with Crippen LogP contribution in [-0.2, 0) is 4.74 Å². The van der Waals surface area contributed by atoms with Crippen LogP contribution in [0.15, 0.2) is 42.6 Å². The zero-order chi connectivity index (χ0) is 21.8. The number of carbonyl (C=O) groups excluding carboxylic acids is 2. The Morgan fingerprint density at radius 2 is 1.70 bits per heavy atom. The number of rotatable bonds is 6. The molecule has 0 bridgehead atoms. The van der Waals surface area contributed by atoms with Gasteiger partial charge in [0, 0.05) is 12.1 Å². The first kappa shape index (κ1) is 20.8. The van der Waals surface area contributed by atoms with Crippen LogP contribution in [0.1, 0.15) is 26.4 Å². The first-order chi connectivity index (χ1) is 14.4. The number of hydrogen-bond donors (Lipinski definition) is 1. The Hall–Kier alpha value is -3.88. The Bertz CT molecular complexity index is 1110. The normalized spacial score (nSPS) is 10.4. The summed E-state index contributed by atoms with van der Waals surface area (Å²) in [4.78, 5) is 25.1. The second-order valence-electron chi connectivity index (χ2n) is 6.21. The second kappa shape index (κ2) is 8.64. The van der Waals surface area contributed by atoms with Gasteiger partial charge in [0.15, 0.2) is 11.5 Å². The zero-order valence-electron chi connectivity index (χ0n) is 16.9. The van der Waals surface area contributed by atoms with E-state index in [0.29, 0.717) is 17.2 Å². The minimum atomic E-state index is -0.662. The number of hydrogen-bond acceptors (Lipinski definition) is 6. The highest BCUT2D eigenvalue weighted by molar-refractivity contribution is 6.09. The van der Waals surface area contributed by atoms with Gasteiger partial charge in [-0.05, 0) is 19.1 Å². The summed E-state index contributed by atoms with van der Waals surface area (Å²) in [6, 6.07) is 8.97. The van der Waals surface area contributed by atoms with Crippen LogP contribution in [0.2, 0.25) is 0 Å². The van der Waals surface area contributed by atoms with E-state index in [2.05, 4.69) is 10.4 Å². The summed E-state index contributed by atoms with van der Waals surface area (Å²) in [5, 5.41) is 6.79. The molecule has 0 radical (unpaired) electrons. The number of esters is 1. The molecule has 3 rings (SSSR count). The van der Waals surface area contributed by atoms with Crippen LogP contribution in [-0.4, -0.2) is 43.0 Å². The van der Waals surface area contributed by atoms with Gasteiger partial charge < -0.3 is 19.5 Å². The quantitative estimate of drug-likeness (QED) is 0.623. The van der Waals surface area contributed by atoms with Gasteiger partial charge >= 0.3 is 5.97 Å². The predicted octanol–water partition coefficient (Wildman–Crippen LogP) is 3.38. The van der Waals surface area contributed by atoms with Crippen molar-refractivity contribution in [2.24, 2.45) is 0 Å². The number of nitrogens with zero attached hydrogens (tertiary/aromatic N) is 2. The lowest BCUT2D eigenvalue weighted by Gasteiger charge is -2.14. The molecule has 3 aromatic rings. The van der Waals surface area contributed by atoms with E-state index in [1.165, 1.54) is 50.4 Å². The van der Waals surface area contributed by atoms with Gasteiger partial charge in [-0.1, -0.05) is 12.1 Å². The Morgan fingerprint density at radius 1 is 1.03 bits per heavy atom. The van der Waals surface area contributed by atoms with Gasteiger partial charge in [-0.3, -0.25) is 4.79 Å². The Kier molecular flexibility index (Phi) is 6.01. The molecule has 30 heavy (non-hydrogen) atoms. The van der Waals surface area contributed by atoms with E-state index in [-0.39, 0.29) is 22.5 Å². The maximum atomic E-state index is 14.1. The number of ether oxygens (including phenoxy) is 3. The third kappa shape index (κ3) is 3.82. The summed E-state index contributed by atoms with van der Waals surface area (Å²) in [7, 11) is 4.09. The average molecular weight is 413 g/mol. The molecule has 0 saturated carbocycles. The molecule has 9 heteroatoms. The molecule has 1 aromatic heterocycles. The van der Waals surface area contributed by atoms with Crippen LogP contribution in [0, 0.1) is 12.7 Å². The molecule has 0 atom stereocenters. The number of aromatic nitrogens is 2. The van der Waals surface area contributed by atoms with Gasteiger partial charge in [-0.25, -0.2) is 13.9 Å². The number of benzene rings is 2. The molecule has 1 amide bonds. The summed E-state index contributed by atoms with van der Waals surface area (Å²) >= 11 is 0. The van der Waals surface area contributed by atoms with E-state index < -0.39 is 17.7 Å². The van der Waals surface area contributed by atoms with E-state index in [1.807, 2.05) is 0 Å². The molecular weight excluding hydrogens is 393 g/mol. The number of carbonyl (C=O) groups is 2. The van der Waals surface area contributed by atoms with Crippen molar-refractivity contribution in [2.75, 3.05) is 26.6 Å². The maximum absolute atomic E-state index is 14.1. The van der Waals surface area contributed by atoms with E-state index >= 15 is 0 Å². The molecule has 0 aliphatic rings. The fourth-order valence-corrected chi connectivity index (χ4v) is 2.95. The molecule has 0 fully saturated rings. The van der Waals surface area contributed by atoms with Crippen molar-refractivity contribution in [1.82, 2.24) is 9.78 Å². The van der Waals surface area contributed by atoms with Gasteiger partial charge in [0.1, 0.15) is 11.5 Å². The first-order valence-corrected chi connectivity index (χ1v) is 8.86. The monoisotopic (exact) mass is 413 g/mol. The Labute approximate surface area is 172 Å². The summed E-state index contributed by atoms with van der Waals surface area (Å²) < 4.78 is 30.7. The summed E-state index contributed by atoms with van der Waals surface area (Å²) in [6.07, 6.45) is 1.33. The van der Waals surface area contributed by atoms with Crippen molar-refractivity contribution in [3.05, 3.63) is 65.2 Å². The first-order valence-electron chi connectivity index (χ1n) is 8.86. The van der Waals surface area contributed by atoms with Gasteiger partial charge in [0.2, 0.25) is 0 Å². The topological polar surface area (TPSA) is 91.7 Å². The van der Waals surface area contributed by atoms with Crippen molar-refractivity contribution < 1.29 is 28.2 Å². The number of nitrogens with one attached hydrogen (secondary N) is 1. The molecule has 0 spiro atoms. The summed E-state index contributed by atoms with van der Waals surface area (Å²) in [5.74, 6) is -1.04. The van der Waals surface area contributed by atoms with Crippen molar-refractivity contribution in [1.29, 1.82) is 0 Å². The fraction of sp³-hybridized carbons (Fsp3) is 0.190. The van der Waals surface area contributed by atoms with Crippen LogP contribution in [0.5, 0.6) is 11.5 Å². The predicted molar refractivity (Wildman–Crippen MR) is 107 cm³/mol. The average Bonchev–Trinajstić information content (AvgIpc) is 3.14. The lowest BCUT2D eigenvalue weighted by atomic mass is 10.1. The van der Waals surface area contributed by atoms with Crippen LogP contribution in [0.25, 0.3) is 5.69 Å². The molecule has 1 N–H and O–H groups in total. The summed E-state index contributed by atoms with van der Waals surface area (Å²) in [5.41, 5.74) is 1.11. The van der Waals surface area contributed by atoms with Crippen LogP contribution >= 0.6 is 0 Å². The highest BCUT2D eigenvalue weighted by atomic mass is 19.1. The smallest absolute Gasteiger partial charge is 0.340 e. The maximum Gasteiger partial charge on any atom is 0.340 e. The van der Waals surface area contributed by atoms with E-state index in [4.69, 9.17) is 14.2 Å². The lowest BCUT2D eigenvalue weighted by Crippen LogP contribution is -2.16. The number of methoxy groups -OCH3 is 3. The molecule has 156 valence electrons. The minimum absolute atomic E-state index is 0.0858. The van der Waals surface area contributed by atoms with Gasteiger partial charge in [0.05, 0.1) is 50.0 Å². The molecule has 0 saturated heterocycles. The number of anilines is 1. The second-order valence-corrected chi connectivity index (χ2v) is 6.21.